The molecule has 1 saturated heterocycles. The summed E-state index contributed by atoms with van der Waals surface area (Å²) >= 11 is 0. The molecule has 1 heterocycles. The Hall–Kier alpha value is -1.97. The van der Waals surface area contributed by atoms with Gasteiger partial charge in [0.15, 0.2) is 6.10 Å². The van der Waals surface area contributed by atoms with Crippen LogP contribution in [0.5, 0.6) is 0 Å². The van der Waals surface area contributed by atoms with E-state index in [0.29, 0.717) is 19.4 Å². The number of hydrogen-bond donors (Lipinski definition) is 3. The van der Waals surface area contributed by atoms with Crippen LogP contribution in [0.3, 0.4) is 0 Å². The Balaban J connectivity index is 2.61. The minimum Gasteiger partial charge on any atom is -0.455 e. The normalized spacial score (nSPS) is 19.2. The van der Waals surface area contributed by atoms with Gasteiger partial charge in [-0.3, -0.25) is 14.4 Å². The van der Waals surface area contributed by atoms with Gasteiger partial charge in [-0.05, 0) is 37.7 Å². The van der Waals surface area contributed by atoms with Crippen molar-refractivity contribution in [1.82, 2.24) is 10.2 Å². The van der Waals surface area contributed by atoms with Crippen molar-refractivity contribution in [2.24, 2.45) is 5.92 Å². The Morgan fingerprint density at radius 2 is 1.54 bits per heavy atom. The van der Waals surface area contributed by atoms with Crippen molar-refractivity contribution < 1.29 is 34.1 Å². The highest BCUT2D eigenvalue weighted by Crippen LogP contribution is 2.17. The number of likely N-dealkylation sites (tertiary alicyclic amines) is 1. The van der Waals surface area contributed by atoms with Crippen LogP contribution in [-0.2, 0) is 23.9 Å². The first kappa shape index (κ1) is 37.1. The number of allylic oxidation sites excluding steroid dienone is 1. The highest BCUT2D eigenvalue weighted by atomic mass is 16.6. The summed E-state index contributed by atoms with van der Waals surface area (Å²) in [6, 6.07) is -0.725. The first-order valence-corrected chi connectivity index (χ1v) is 15.9. The number of aliphatic hydroxyl groups is 2. The zero-order chi connectivity index (χ0) is 30.6. The summed E-state index contributed by atoms with van der Waals surface area (Å²) in [7, 11) is 2.94. The van der Waals surface area contributed by atoms with Crippen molar-refractivity contribution >= 4 is 17.8 Å². The molecule has 3 N–H and O–H groups in total. The van der Waals surface area contributed by atoms with Crippen molar-refractivity contribution in [2.45, 2.75) is 148 Å². The fourth-order valence-electron chi connectivity index (χ4n) is 5.06. The number of rotatable bonds is 21. The topological polar surface area (TPSA) is 125 Å². The van der Waals surface area contributed by atoms with Gasteiger partial charge in [-0.25, -0.2) is 0 Å². The van der Waals surface area contributed by atoms with E-state index < -0.39 is 42.3 Å². The number of carbonyl (C=O) groups is 3. The number of methoxy groups -OCH3 is 1. The Morgan fingerprint density at radius 3 is 2.10 bits per heavy atom. The molecule has 238 valence electrons. The number of esters is 1. The lowest BCUT2D eigenvalue weighted by Crippen LogP contribution is -2.55. The molecule has 0 aliphatic carbocycles. The van der Waals surface area contributed by atoms with E-state index in [1.807, 2.05) is 13.8 Å². The fraction of sp³-hybridized carbons (Fsp3) is 0.844. The number of nitrogens with zero attached hydrogens (tertiary/aromatic N) is 1. The molecule has 0 unspecified atom stereocenters. The van der Waals surface area contributed by atoms with Crippen LogP contribution >= 0.6 is 0 Å². The summed E-state index contributed by atoms with van der Waals surface area (Å²) in [6.07, 6.45) is 12.7. The molecule has 1 fully saturated rings. The largest absolute Gasteiger partial charge is 0.455 e. The zero-order valence-electron chi connectivity index (χ0n) is 26.3. The number of hydrogen-bond acceptors (Lipinski definition) is 7. The summed E-state index contributed by atoms with van der Waals surface area (Å²) in [4.78, 5) is 39.8. The monoisotopic (exact) mass is 582 g/mol. The molecule has 1 aliphatic rings. The van der Waals surface area contributed by atoms with Gasteiger partial charge in [0.1, 0.15) is 24.4 Å². The molecular formula is C32H58N2O7. The van der Waals surface area contributed by atoms with Crippen molar-refractivity contribution in [3.05, 3.63) is 12.2 Å². The molecule has 0 aromatic rings. The molecule has 2 amide bonds. The summed E-state index contributed by atoms with van der Waals surface area (Å²) in [6.45, 7) is 6.73. The van der Waals surface area contributed by atoms with Gasteiger partial charge in [-0.1, -0.05) is 91.1 Å². The van der Waals surface area contributed by atoms with E-state index in [1.165, 1.54) is 52.1 Å². The third-order valence-electron chi connectivity index (χ3n) is 7.67. The average Bonchev–Trinajstić information content (AvgIpc) is 3.09. The van der Waals surface area contributed by atoms with Gasteiger partial charge in [-0.15, -0.1) is 0 Å². The zero-order valence-corrected chi connectivity index (χ0v) is 26.3. The van der Waals surface area contributed by atoms with E-state index in [9.17, 15) is 24.6 Å². The van der Waals surface area contributed by atoms with Gasteiger partial charge in [0.2, 0.25) is 5.91 Å². The lowest BCUT2D eigenvalue weighted by Gasteiger charge is -2.30. The molecule has 1 rings (SSSR count). The van der Waals surface area contributed by atoms with E-state index in [0.717, 1.165) is 32.1 Å². The maximum atomic E-state index is 13.0. The van der Waals surface area contributed by atoms with Crippen LogP contribution in [0.25, 0.3) is 0 Å². The standard InChI is InChI=1S/C32H58N2O7/c1-6-7-8-9-10-11-12-13-14-15-16-20-27(35)41-26(22-21-24(2)3)28(36)29(37)30(40-5)31(38)33-25-19-17-18-23-34(4)32(25)39/h21-22,24-26,28-30,36-37H,6-20,23H2,1-5H3,(H,33,38)/b22-21+/t25-,26+,28-,29+,30+/m0/s1. The van der Waals surface area contributed by atoms with Gasteiger partial charge in [0.05, 0.1) is 0 Å². The van der Waals surface area contributed by atoms with Gasteiger partial charge < -0.3 is 29.9 Å². The van der Waals surface area contributed by atoms with Gasteiger partial charge in [0, 0.05) is 27.1 Å². The summed E-state index contributed by atoms with van der Waals surface area (Å²) in [5.74, 6) is -1.25. The third kappa shape index (κ3) is 15.2. The van der Waals surface area contributed by atoms with Crippen LogP contribution < -0.4 is 5.32 Å². The van der Waals surface area contributed by atoms with Crippen molar-refractivity contribution in [3.8, 4) is 0 Å². The highest BCUT2D eigenvalue weighted by Gasteiger charge is 2.39. The molecule has 0 bridgehead atoms. The highest BCUT2D eigenvalue weighted by molar-refractivity contribution is 5.89. The van der Waals surface area contributed by atoms with Crippen LogP contribution in [0, 0.1) is 5.92 Å². The third-order valence-corrected chi connectivity index (χ3v) is 7.67. The molecule has 9 nitrogen and oxygen atoms in total. The average molecular weight is 583 g/mol. The molecule has 0 spiro atoms. The van der Waals surface area contributed by atoms with Crippen LogP contribution in [-0.4, -0.2) is 84.1 Å². The number of nitrogens with one attached hydrogen (secondary N) is 1. The second-order valence-electron chi connectivity index (χ2n) is 11.8. The van der Waals surface area contributed by atoms with E-state index >= 15 is 0 Å². The van der Waals surface area contributed by atoms with E-state index in [4.69, 9.17) is 9.47 Å². The summed E-state index contributed by atoms with van der Waals surface area (Å²) in [5, 5.41) is 24.6. The molecule has 9 heteroatoms. The van der Waals surface area contributed by atoms with Crippen LogP contribution in [0.2, 0.25) is 0 Å². The molecule has 41 heavy (non-hydrogen) atoms. The first-order chi connectivity index (χ1) is 19.6. The number of amides is 2. The number of unbranched alkanes of at least 4 members (excludes halogenated alkanes) is 10. The van der Waals surface area contributed by atoms with Crippen LogP contribution in [0.15, 0.2) is 12.2 Å². The van der Waals surface area contributed by atoms with Crippen molar-refractivity contribution in [1.29, 1.82) is 0 Å². The smallest absolute Gasteiger partial charge is 0.306 e. The minimum absolute atomic E-state index is 0.118. The van der Waals surface area contributed by atoms with Gasteiger partial charge in [-0.2, -0.15) is 0 Å². The number of aliphatic hydroxyl groups excluding tert-OH is 2. The predicted octanol–water partition coefficient (Wildman–Crippen LogP) is 4.68. The molecule has 0 aromatic heterocycles. The van der Waals surface area contributed by atoms with E-state index in [2.05, 4.69) is 12.2 Å². The lowest BCUT2D eigenvalue weighted by molar-refractivity contribution is -0.164. The second-order valence-corrected chi connectivity index (χ2v) is 11.8. The second kappa shape index (κ2) is 21.7. The fourth-order valence-corrected chi connectivity index (χ4v) is 5.06. The number of likely N-dealkylation sites (N-methyl/N-ethyl adjacent to an activating group) is 1. The van der Waals surface area contributed by atoms with Gasteiger partial charge in [0.25, 0.3) is 5.91 Å². The summed E-state index contributed by atoms with van der Waals surface area (Å²) in [5.41, 5.74) is 0. The Bertz CT molecular complexity index is 773. The van der Waals surface area contributed by atoms with E-state index in [1.54, 1.807) is 24.1 Å². The molecule has 5 atom stereocenters. The molecule has 1 aliphatic heterocycles. The Morgan fingerprint density at radius 1 is 0.951 bits per heavy atom. The number of ether oxygens (including phenoxy) is 2. The molecule has 0 aromatic carbocycles. The van der Waals surface area contributed by atoms with Crippen LogP contribution in [0.4, 0.5) is 0 Å². The predicted molar refractivity (Wildman–Crippen MR) is 161 cm³/mol. The SMILES string of the molecule is CCCCCCCCCCCCCC(=O)O[C@H](/C=C/C(C)C)[C@H](O)[C@@H](O)[C@@H](OC)C(=O)N[C@H]1CCCCN(C)C1=O. The quantitative estimate of drug-likeness (QED) is 0.102. The molecule has 0 radical (unpaired) electrons. The summed E-state index contributed by atoms with van der Waals surface area (Å²) < 4.78 is 10.8. The lowest BCUT2D eigenvalue weighted by atomic mass is 10.00. The van der Waals surface area contributed by atoms with Gasteiger partial charge >= 0.3 is 5.97 Å². The Labute approximate surface area is 248 Å². The number of carbonyl (C=O) groups excluding carboxylic acids is 3. The maximum absolute atomic E-state index is 13.0. The maximum Gasteiger partial charge on any atom is 0.306 e. The van der Waals surface area contributed by atoms with Crippen LogP contribution in [0.1, 0.15) is 117 Å². The van der Waals surface area contributed by atoms with Crippen molar-refractivity contribution in [2.75, 3.05) is 20.7 Å². The molecular weight excluding hydrogens is 524 g/mol. The Kier molecular flexibility index (Phi) is 19.6. The molecule has 0 saturated carbocycles. The van der Waals surface area contributed by atoms with E-state index in [-0.39, 0.29) is 18.2 Å². The van der Waals surface area contributed by atoms with Crippen molar-refractivity contribution in [3.63, 3.8) is 0 Å². The first-order valence-electron chi connectivity index (χ1n) is 15.9. The minimum atomic E-state index is -1.69.